The zero-order chi connectivity index (χ0) is 18.1. The van der Waals surface area contributed by atoms with E-state index in [1.165, 1.54) is 0 Å². The number of Topliss-reactive ketones (excluding diaryl/α,β-unsaturated/α-hetero) is 1. The Kier molecular flexibility index (Phi) is 5.40. The van der Waals surface area contributed by atoms with Crippen molar-refractivity contribution in [2.24, 2.45) is 7.05 Å². The highest BCUT2D eigenvalue weighted by Crippen LogP contribution is 2.40. The normalized spacial score (nSPS) is 12.1. The molecule has 0 fully saturated rings. The third kappa shape index (κ3) is 3.21. The van der Waals surface area contributed by atoms with Crippen molar-refractivity contribution in [1.82, 2.24) is 4.57 Å². The molecule has 24 heavy (non-hydrogen) atoms. The van der Waals surface area contributed by atoms with Crippen molar-refractivity contribution in [1.29, 1.82) is 0 Å². The standard InChI is InChI=1S/C21H29NOSi/c1-15(2)24(16(3)4,17(5)6)13-11-21(23)19-9-8-18-10-12-22(7)20(18)14-19/h8-10,12,14-17H,1-7H3. The Morgan fingerprint density at radius 1 is 1.00 bits per heavy atom. The molecule has 3 heteroatoms. The van der Waals surface area contributed by atoms with Gasteiger partial charge in [-0.1, -0.05) is 47.6 Å². The molecule has 0 saturated heterocycles. The van der Waals surface area contributed by atoms with Crippen LogP contribution in [0.15, 0.2) is 30.5 Å². The number of nitrogens with zero attached hydrogens (tertiary/aromatic N) is 1. The smallest absolute Gasteiger partial charge is 0.235 e. The molecule has 0 saturated carbocycles. The van der Waals surface area contributed by atoms with E-state index in [-0.39, 0.29) is 5.78 Å². The average Bonchev–Trinajstić information content (AvgIpc) is 2.87. The summed E-state index contributed by atoms with van der Waals surface area (Å²) in [6.45, 7) is 13.6. The minimum Gasteiger partial charge on any atom is -0.351 e. The van der Waals surface area contributed by atoms with E-state index >= 15 is 0 Å². The topological polar surface area (TPSA) is 22.0 Å². The first kappa shape index (κ1) is 18.5. The lowest BCUT2D eigenvalue weighted by atomic mass is 10.1. The highest BCUT2D eigenvalue weighted by molar-refractivity contribution is 6.90. The Hall–Kier alpha value is -1.79. The van der Waals surface area contributed by atoms with Gasteiger partial charge in [0.2, 0.25) is 5.78 Å². The number of carbonyl (C=O) groups excluding carboxylic acids is 1. The minimum absolute atomic E-state index is 0.0584. The summed E-state index contributed by atoms with van der Waals surface area (Å²) in [6, 6.07) is 7.91. The molecule has 2 aromatic rings. The fourth-order valence-corrected chi connectivity index (χ4v) is 9.27. The first-order valence-electron chi connectivity index (χ1n) is 8.82. The van der Waals surface area contributed by atoms with Crippen LogP contribution in [-0.2, 0) is 7.05 Å². The number of benzene rings is 1. The molecule has 0 aliphatic rings. The van der Waals surface area contributed by atoms with Crippen LogP contribution >= 0.6 is 0 Å². The SMILES string of the molecule is CC(C)[Si](C#CC(=O)c1ccc2ccn(C)c2c1)(C(C)C)C(C)C. The molecule has 1 aromatic carbocycles. The van der Waals surface area contributed by atoms with Crippen molar-refractivity contribution < 1.29 is 4.79 Å². The van der Waals surface area contributed by atoms with Crippen LogP contribution in [0.2, 0.25) is 16.6 Å². The van der Waals surface area contributed by atoms with Gasteiger partial charge in [0.05, 0.1) is 0 Å². The summed E-state index contributed by atoms with van der Waals surface area (Å²) in [7, 11) is 0.135. The van der Waals surface area contributed by atoms with Gasteiger partial charge in [-0.2, -0.15) is 0 Å². The third-order valence-corrected chi connectivity index (χ3v) is 11.7. The van der Waals surface area contributed by atoms with Crippen molar-refractivity contribution in [3.05, 3.63) is 36.0 Å². The van der Waals surface area contributed by atoms with E-state index in [2.05, 4.69) is 59.1 Å². The summed E-state index contributed by atoms with van der Waals surface area (Å²) < 4.78 is 2.04. The number of aromatic nitrogens is 1. The Balaban J connectivity index is 2.42. The number of hydrogen-bond acceptors (Lipinski definition) is 1. The zero-order valence-corrected chi connectivity index (χ0v) is 17.0. The Bertz CT molecular complexity index is 780. The van der Waals surface area contributed by atoms with E-state index in [1.807, 2.05) is 36.0 Å². The molecule has 0 atom stereocenters. The molecule has 0 bridgehead atoms. The minimum atomic E-state index is -1.86. The number of rotatable bonds is 4. The number of hydrogen-bond donors (Lipinski definition) is 0. The Morgan fingerprint density at radius 3 is 2.12 bits per heavy atom. The molecule has 1 aromatic heterocycles. The van der Waals surface area contributed by atoms with Crippen LogP contribution in [0.5, 0.6) is 0 Å². The van der Waals surface area contributed by atoms with Crippen LogP contribution in [0.4, 0.5) is 0 Å². The quantitative estimate of drug-likeness (QED) is 0.405. The van der Waals surface area contributed by atoms with Crippen LogP contribution in [0.3, 0.4) is 0 Å². The highest BCUT2D eigenvalue weighted by Gasteiger charge is 2.41. The summed E-state index contributed by atoms with van der Waals surface area (Å²) in [5.41, 5.74) is 6.89. The lowest BCUT2D eigenvalue weighted by molar-refractivity contribution is 0.105. The monoisotopic (exact) mass is 339 g/mol. The lowest BCUT2D eigenvalue weighted by Crippen LogP contribution is -2.43. The fraction of sp³-hybridized carbons (Fsp3) is 0.476. The zero-order valence-electron chi connectivity index (χ0n) is 16.0. The second-order valence-electron chi connectivity index (χ2n) is 7.68. The maximum Gasteiger partial charge on any atom is 0.235 e. The second kappa shape index (κ2) is 6.99. The first-order valence-corrected chi connectivity index (χ1v) is 11.1. The van der Waals surface area contributed by atoms with Gasteiger partial charge in [-0.3, -0.25) is 4.79 Å². The van der Waals surface area contributed by atoms with E-state index in [4.69, 9.17) is 0 Å². The predicted molar refractivity (Wildman–Crippen MR) is 106 cm³/mol. The van der Waals surface area contributed by atoms with E-state index in [1.54, 1.807) is 0 Å². The molecule has 0 unspecified atom stereocenters. The first-order chi connectivity index (χ1) is 11.2. The average molecular weight is 340 g/mol. The molecule has 0 radical (unpaired) electrons. The highest BCUT2D eigenvalue weighted by atomic mass is 28.3. The van der Waals surface area contributed by atoms with Crippen molar-refractivity contribution in [2.45, 2.75) is 58.2 Å². The summed E-state index contributed by atoms with van der Waals surface area (Å²) in [4.78, 5) is 12.7. The van der Waals surface area contributed by atoms with Crippen LogP contribution in [0, 0.1) is 11.5 Å². The van der Waals surface area contributed by atoms with Crippen LogP contribution in [0.1, 0.15) is 51.9 Å². The largest absolute Gasteiger partial charge is 0.351 e. The van der Waals surface area contributed by atoms with Gasteiger partial charge in [0.25, 0.3) is 0 Å². The van der Waals surface area contributed by atoms with E-state index in [0.29, 0.717) is 22.2 Å². The van der Waals surface area contributed by atoms with Crippen molar-refractivity contribution in [2.75, 3.05) is 0 Å². The van der Waals surface area contributed by atoms with E-state index in [0.717, 1.165) is 10.9 Å². The number of aryl methyl sites for hydroxylation is 1. The maximum atomic E-state index is 12.7. The van der Waals surface area contributed by atoms with Gasteiger partial charge >= 0.3 is 0 Å². The third-order valence-electron chi connectivity index (χ3n) is 5.41. The number of fused-ring (bicyclic) bond motifs is 1. The molecule has 1 heterocycles. The van der Waals surface area contributed by atoms with Gasteiger partial charge in [-0.15, -0.1) is 5.54 Å². The number of carbonyl (C=O) groups is 1. The van der Waals surface area contributed by atoms with Gasteiger partial charge in [0.15, 0.2) is 0 Å². The molecular weight excluding hydrogens is 310 g/mol. The molecular formula is C21H29NOSi. The summed E-state index contributed by atoms with van der Waals surface area (Å²) in [6.07, 6.45) is 2.01. The van der Waals surface area contributed by atoms with Gasteiger partial charge in [-0.05, 0) is 46.1 Å². The number of ketones is 1. The van der Waals surface area contributed by atoms with Crippen LogP contribution < -0.4 is 0 Å². The van der Waals surface area contributed by atoms with Crippen molar-refractivity contribution in [3.63, 3.8) is 0 Å². The molecule has 0 N–H and O–H groups in total. The molecule has 128 valence electrons. The van der Waals surface area contributed by atoms with Gasteiger partial charge in [0, 0.05) is 24.3 Å². The van der Waals surface area contributed by atoms with Gasteiger partial charge in [-0.25, -0.2) is 0 Å². The second-order valence-corrected chi connectivity index (χ2v) is 13.3. The van der Waals surface area contributed by atoms with Crippen LogP contribution in [0.25, 0.3) is 10.9 Å². The van der Waals surface area contributed by atoms with Crippen LogP contribution in [-0.4, -0.2) is 18.4 Å². The van der Waals surface area contributed by atoms with E-state index in [9.17, 15) is 4.79 Å². The van der Waals surface area contributed by atoms with E-state index < -0.39 is 8.07 Å². The fourth-order valence-electron chi connectivity index (χ4n) is 4.07. The summed E-state index contributed by atoms with van der Waals surface area (Å²) in [5, 5.41) is 1.15. The Morgan fingerprint density at radius 2 is 1.58 bits per heavy atom. The predicted octanol–water partition coefficient (Wildman–Crippen LogP) is 5.58. The molecule has 2 nitrogen and oxygen atoms in total. The summed E-state index contributed by atoms with van der Waals surface area (Å²) >= 11 is 0. The van der Waals surface area contributed by atoms with Crippen molar-refractivity contribution in [3.8, 4) is 11.5 Å². The summed E-state index contributed by atoms with van der Waals surface area (Å²) in [5.74, 6) is 2.97. The molecule has 0 aliphatic carbocycles. The Labute approximate surface area is 147 Å². The van der Waals surface area contributed by atoms with Crippen molar-refractivity contribution >= 4 is 24.8 Å². The molecule has 0 amide bonds. The molecule has 0 spiro atoms. The van der Waals surface area contributed by atoms with Gasteiger partial charge in [0.1, 0.15) is 8.07 Å². The lowest BCUT2D eigenvalue weighted by Gasteiger charge is -2.37. The maximum absolute atomic E-state index is 12.7. The molecule has 2 rings (SSSR count). The van der Waals surface area contributed by atoms with Gasteiger partial charge < -0.3 is 4.57 Å². The molecule has 0 aliphatic heterocycles.